The zero-order valence-electron chi connectivity index (χ0n) is 17.7. The molecule has 0 aliphatic rings. The van der Waals surface area contributed by atoms with Crippen molar-refractivity contribution in [2.24, 2.45) is 5.92 Å². The SMILES string of the molecule is CNC(=O)[C@H](Cc1ccccc1)NC(=O)[C@H](Cc1csc2ccccc12)C(O)CONO. The van der Waals surface area contributed by atoms with Gasteiger partial charge in [0.1, 0.15) is 6.04 Å². The van der Waals surface area contributed by atoms with E-state index >= 15 is 0 Å². The Morgan fingerprint density at radius 1 is 1.03 bits per heavy atom. The summed E-state index contributed by atoms with van der Waals surface area (Å²) in [6.07, 6.45) is -0.654. The van der Waals surface area contributed by atoms with Crippen LogP contribution in [0, 0.1) is 5.92 Å². The maximum absolute atomic E-state index is 13.2. The molecule has 0 saturated heterocycles. The van der Waals surface area contributed by atoms with Crippen LogP contribution in [0.3, 0.4) is 0 Å². The fourth-order valence-electron chi connectivity index (χ4n) is 3.58. The van der Waals surface area contributed by atoms with Crippen molar-refractivity contribution in [2.45, 2.75) is 25.0 Å². The van der Waals surface area contributed by atoms with E-state index in [1.807, 2.05) is 60.0 Å². The number of hydrogen-bond donors (Lipinski definition) is 5. The minimum Gasteiger partial charge on any atom is -0.390 e. The number of rotatable bonds is 11. The summed E-state index contributed by atoms with van der Waals surface area (Å²) in [4.78, 5) is 30.4. The average molecular weight is 458 g/mol. The third kappa shape index (κ3) is 6.12. The Hall–Kier alpha value is -2.82. The van der Waals surface area contributed by atoms with Crippen molar-refractivity contribution in [3.05, 3.63) is 71.1 Å². The highest BCUT2D eigenvalue weighted by Crippen LogP contribution is 2.28. The predicted octanol–water partition coefficient (Wildman–Crippen LogP) is 1.80. The maximum atomic E-state index is 13.2. The van der Waals surface area contributed by atoms with Crippen molar-refractivity contribution in [1.82, 2.24) is 16.3 Å². The first kappa shape index (κ1) is 23.8. The van der Waals surface area contributed by atoms with Crippen LogP contribution in [-0.2, 0) is 27.3 Å². The van der Waals surface area contributed by atoms with Crippen molar-refractivity contribution >= 4 is 33.2 Å². The number of carbonyl (C=O) groups is 2. The zero-order chi connectivity index (χ0) is 22.9. The van der Waals surface area contributed by atoms with E-state index in [-0.39, 0.29) is 18.9 Å². The van der Waals surface area contributed by atoms with Gasteiger partial charge in [0.15, 0.2) is 0 Å². The molecule has 3 aromatic rings. The molecule has 32 heavy (non-hydrogen) atoms. The molecule has 0 spiro atoms. The highest BCUT2D eigenvalue weighted by molar-refractivity contribution is 7.17. The fourth-order valence-corrected chi connectivity index (χ4v) is 4.56. The number of likely N-dealkylation sites (N-methyl/N-ethyl adjacent to an activating group) is 1. The van der Waals surface area contributed by atoms with Gasteiger partial charge >= 0.3 is 0 Å². The molecule has 0 aliphatic heterocycles. The second-order valence-electron chi connectivity index (χ2n) is 7.40. The third-order valence-electron chi connectivity index (χ3n) is 5.28. The fraction of sp³-hybridized carbons (Fsp3) is 0.304. The Bertz CT molecular complexity index is 1030. The minimum atomic E-state index is -1.21. The molecule has 2 aromatic carbocycles. The first-order valence-electron chi connectivity index (χ1n) is 10.2. The summed E-state index contributed by atoms with van der Waals surface area (Å²) in [6, 6.07) is 16.4. The second kappa shape index (κ2) is 11.7. The van der Waals surface area contributed by atoms with Gasteiger partial charge in [-0.2, -0.15) is 0 Å². The number of thiophene rings is 1. The Balaban J connectivity index is 1.81. The first-order valence-corrected chi connectivity index (χ1v) is 11.1. The summed E-state index contributed by atoms with van der Waals surface area (Å²) in [7, 11) is 1.51. The average Bonchev–Trinajstić information content (AvgIpc) is 3.23. The number of aliphatic hydroxyl groups is 1. The summed E-state index contributed by atoms with van der Waals surface area (Å²) >= 11 is 1.56. The number of carbonyl (C=O) groups excluding carboxylic acids is 2. The summed E-state index contributed by atoms with van der Waals surface area (Å²) in [6.45, 7) is -0.306. The predicted molar refractivity (Wildman–Crippen MR) is 122 cm³/mol. The van der Waals surface area contributed by atoms with E-state index in [0.717, 1.165) is 21.2 Å². The van der Waals surface area contributed by atoms with E-state index in [4.69, 9.17) is 10.0 Å². The Kier molecular flexibility index (Phi) is 8.72. The van der Waals surface area contributed by atoms with Gasteiger partial charge in [0.2, 0.25) is 11.8 Å². The zero-order valence-corrected chi connectivity index (χ0v) is 18.5. The summed E-state index contributed by atoms with van der Waals surface area (Å²) in [5.74, 6) is -1.70. The number of nitrogens with one attached hydrogen (secondary N) is 3. The van der Waals surface area contributed by atoms with Gasteiger partial charge in [-0.15, -0.1) is 11.3 Å². The van der Waals surface area contributed by atoms with E-state index in [0.29, 0.717) is 6.42 Å². The lowest BCUT2D eigenvalue weighted by atomic mass is 9.92. The van der Waals surface area contributed by atoms with Gasteiger partial charge in [0, 0.05) is 18.2 Å². The topological polar surface area (TPSA) is 120 Å². The van der Waals surface area contributed by atoms with Crippen molar-refractivity contribution in [3.63, 3.8) is 0 Å². The molecular weight excluding hydrogens is 430 g/mol. The van der Waals surface area contributed by atoms with E-state index in [1.54, 1.807) is 11.3 Å². The first-order chi connectivity index (χ1) is 15.5. The molecule has 0 saturated carbocycles. The summed E-state index contributed by atoms with van der Waals surface area (Å²) < 4.78 is 1.08. The maximum Gasteiger partial charge on any atom is 0.242 e. The normalized spacial score (nSPS) is 14.0. The van der Waals surface area contributed by atoms with Crippen molar-refractivity contribution < 1.29 is 24.7 Å². The van der Waals surface area contributed by atoms with Crippen LogP contribution in [0.1, 0.15) is 11.1 Å². The van der Waals surface area contributed by atoms with Crippen LogP contribution >= 0.6 is 11.3 Å². The van der Waals surface area contributed by atoms with Gasteiger partial charge in [-0.25, -0.2) is 0 Å². The minimum absolute atomic E-state index is 0.248. The van der Waals surface area contributed by atoms with Gasteiger partial charge < -0.3 is 15.7 Å². The Labute approximate surface area is 190 Å². The monoisotopic (exact) mass is 457 g/mol. The van der Waals surface area contributed by atoms with Crippen LogP contribution in [0.25, 0.3) is 10.1 Å². The molecule has 9 heteroatoms. The molecule has 0 fully saturated rings. The molecule has 0 aliphatic carbocycles. The molecule has 5 N–H and O–H groups in total. The van der Waals surface area contributed by atoms with Crippen LogP contribution in [0.2, 0.25) is 0 Å². The summed E-state index contributed by atoms with van der Waals surface area (Å²) in [5, 5.41) is 27.7. The highest BCUT2D eigenvalue weighted by Gasteiger charge is 2.31. The van der Waals surface area contributed by atoms with Gasteiger partial charge in [-0.3, -0.25) is 19.6 Å². The van der Waals surface area contributed by atoms with Crippen LogP contribution < -0.4 is 16.3 Å². The molecule has 3 atom stereocenters. The molecule has 3 rings (SSSR count). The van der Waals surface area contributed by atoms with Crippen molar-refractivity contribution in [3.8, 4) is 0 Å². The number of aliphatic hydroxyl groups excluding tert-OH is 1. The standard InChI is InChI=1S/C23H27N3O5S/c1-24-23(29)19(11-15-7-3-2-4-8-15)25-22(28)18(20(27)13-31-26-30)12-16-14-32-21-10-6-5-9-17(16)21/h2-10,14,18-20,26-27,30H,11-13H2,1H3,(H,24,29)(H,25,28)/t18-,19+,20?/m1/s1. The van der Waals surface area contributed by atoms with Crippen LogP contribution in [0.15, 0.2) is 60.0 Å². The largest absolute Gasteiger partial charge is 0.390 e. The quantitative estimate of drug-likeness (QED) is 0.280. The molecular formula is C23H27N3O5S. The van der Waals surface area contributed by atoms with E-state index in [9.17, 15) is 14.7 Å². The van der Waals surface area contributed by atoms with E-state index in [2.05, 4.69) is 10.6 Å². The number of benzene rings is 2. The molecule has 1 aromatic heterocycles. The molecule has 170 valence electrons. The van der Waals surface area contributed by atoms with Gasteiger partial charge in [0.05, 0.1) is 18.6 Å². The van der Waals surface area contributed by atoms with Crippen LogP contribution in [-0.4, -0.2) is 47.9 Å². The lowest BCUT2D eigenvalue weighted by Crippen LogP contribution is -2.51. The summed E-state index contributed by atoms with van der Waals surface area (Å²) in [5.41, 5.74) is 3.34. The van der Waals surface area contributed by atoms with Gasteiger partial charge in [0.25, 0.3) is 0 Å². The van der Waals surface area contributed by atoms with E-state index < -0.39 is 24.0 Å². The van der Waals surface area contributed by atoms with Gasteiger partial charge in [-0.05, 0) is 34.4 Å². The molecule has 0 bridgehead atoms. The smallest absolute Gasteiger partial charge is 0.242 e. The van der Waals surface area contributed by atoms with Crippen LogP contribution in [0.4, 0.5) is 0 Å². The third-order valence-corrected chi connectivity index (χ3v) is 6.30. The van der Waals surface area contributed by atoms with E-state index in [1.165, 1.54) is 12.7 Å². The van der Waals surface area contributed by atoms with Crippen molar-refractivity contribution in [2.75, 3.05) is 13.7 Å². The van der Waals surface area contributed by atoms with Crippen molar-refractivity contribution in [1.29, 1.82) is 0 Å². The number of amides is 2. The Morgan fingerprint density at radius 3 is 2.47 bits per heavy atom. The lowest BCUT2D eigenvalue weighted by Gasteiger charge is -2.25. The van der Waals surface area contributed by atoms with Gasteiger partial charge in [-0.1, -0.05) is 54.2 Å². The lowest BCUT2D eigenvalue weighted by molar-refractivity contribution is -0.158. The Morgan fingerprint density at radius 2 is 1.75 bits per heavy atom. The van der Waals surface area contributed by atoms with Crippen LogP contribution in [0.5, 0.6) is 0 Å². The molecule has 2 amide bonds. The number of hydrogen-bond acceptors (Lipinski definition) is 7. The molecule has 0 radical (unpaired) electrons. The number of fused-ring (bicyclic) bond motifs is 1. The second-order valence-corrected chi connectivity index (χ2v) is 8.31. The molecule has 1 heterocycles. The molecule has 8 nitrogen and oxygen atoms in total. The highest BCUT2D eigenvalue weighted by atomic mass is 32.1. The molecule has 1 unspecified atom stereocenters.